The third-order valence-corrected chi connectivity index (χ3v) is 3.97. The van der Waals surface area contributed by atoms with Crippen LogP contribution in [0.5, 0.6) is 11.5 Å². The fraction of sp³-hybridized carbons (Fsp3) is 0.389. The summed E-state index contributed by atoms with van der Waals surface area (Å²) in [4.78, 5) is 22.7. The third kappa shape index (κ3) is 5.97. The van der Waals surface area contributed by atoms with Crippen molar-refractivity contribution in [3.8, 4) is 11.5 Å². The zero-order valence-electron chi connectivity index (χ0n) is 15.9. The molecule has 0 aliphatic heterocycles. The van der Waals surface area contributed by atoms with Gasteiger partial charge >= 0.3 is 0 Å². The Morgan fingerprint density at radius 2 is 1.96 bits per heavy atom. The number of nitrogens with zero attached hydrogens (tertiary/aromatic N) is 3. The summed E-state index contributed by atoms with van der Waals surface area (Å²) >= 11 is 6.11. The summed E-state index contributed by atoms with van der Waals surface area (Å²) in [6, 6.07) is 4.87. The lowest BCUT2D eigenvalue weighted by molar-refractivity contribution is 0.0947. The number of ether oxygens (including phenoxy) is 2. The predicted octanol–water partition coefficient (Wildman–Crippen LogP) is 2.57. The van der Waals surface area contributed by atoms with E-state index in [1.165, 1.54) is 20.4 Å². The first-order valence-corrected chi connectivity index (χ1v) is 8.77. The molecule has 0 radical (unpaired) electrons. The molecule has 0 atom stereocenters. The first-order chi connectivity index (χ1) is 12.9. The van der Waals surface area contributed by atoms with Gasteiger partial charge in [0.05, 0.1) is 24.9 Å². The molecule has 2 aromatic rings. The zero-order valence-corrected chi connectivity index (χ0v) is 16.6. The summed E-state index contributed by atoms with van der Waals surface area (Å²) in [6.07, 6.45) is 2.38. The number of benzene rings is 1. The maximum absolute atomic E-state index is 12.3. The van der Waals surface area contributed by atoms with Crippen LogP contribution in [-0.4, -0.2) is 62.2 Å². The van der Waals surface area contributed by atoms with E-state index < -0.39 is 0 Å². The smallest absolute Gasteiger partial charge is 0.270 e. The van der Waals surface area contributed by atoms with E-state index >= 15 is 0 Å². The van der Waals surface area contributed by atoms with Crippen molar-refractivity contribution in [2.24, 2.45) is 0 Å². The quantitative estimate of drug-likeness (QED) is 0.633. The number of rotatable bonds is 9. The van der Waals surface area contributed by atoms with E-state index in [1.54, 1.807) is 18.2 Å². The molecule has 0 saturated heterocycles. The predicted molar refractivity (Wildman–Crippen MR) is 105 cm³/mol. The Balaban J connectivity index is 2.10. The molecule has 2 rings (SSSR count). The number of carbonyl (C=O) groups excluding carboxylic acids is 1. The van der Waals surface area contributed by atoms with Gasteiger partial charge in [-0.1, -0.05) is 11.6 Å². The Bertz CT molecular complexity index is 786. The standard InChI is InChI=1S/C18H24ClN5O3/c1-24(2)9-5-7-20-17(25)13-6-8-21-18(22-13)23-14-11-15(26-3)12(19)10-16(14)27-4/h6,8,10-11H,5,7,9H2,1-4H3,(H,20,25)(H,21,22,23). The molecule has 1 aromatic carbocycles. The minimum atomic E-state index is -0.250. The number of hydrogen-bond donors (Lipinski definition) is 2. The lowest BCUT2D eigenvalue weighted by atomic mass is 10.2. The van der Waals surface area contributed by atoms with E-state index in [2.05, 4.69) is 25.5 Å². The van der Waals surface area contributed by atoms with Gasteiger partial charge in [0.2, 0.25) is 5.95 Å². The Labute approximate surface area is 163 Å². The minimum absolute atomic E-state index is 0.250. The van der Waals surface area contributed by atoms with Crippen LogP contribution in [0.1, 0.15) is 16.9 Å². The second-order valence-electron chi connectivity index (χ2n) is 5.99. The number of halogens is 1. The van der Waals surface area contributed by atoms with Crippen LogP contribution in [0.3, 0.4) is 0 Å². The zero-order chi connectivity index (χ0) is 19.8. The summed E-state index contributed by atoms with van der Waals surface area (Å²) in [7, 11) is 7.03. The van der Waals surface area contributed by atoms with Gasteiger partial charge in [0.25, 0.3) is 5.91 Å². The molecule has 1 aromatic heterocycles. The highest BCUT2D eigenvalue weighted by Gasteiger charge is 2.13. The normalized spacial score (nSPS) is 10.6. The minimum Gasteiger partial charge on any atom is -0.495 e. The Kier molecular flexibility index (Phi) is 7.63. The van der Waals surface area contributed by atoms with E-state index in [-0.39, 0.29) is 17.5 Å². The molecule has 0 saturated carbocycles. The van der Waals surface area contributed by atoms with Crippen molar-refractivity contribution in [1.82, 2.24) is 20.2 Å². The Morgan fingerprint density at radius 3 is 2.63 bits per heavy atom. The molecule has 0 bridgehead atoms. The van der Waals surface area contributed by atoms with Gasteiger partial charge in [0, 0.05) is 24.9 Å². The molecule has 0 aliphatic carbocycles. The summed E-state index contributed by atoms with van der Waals surface area (Å²) in [5.41, 5.74) is 0.847. The lowest BCUT2D eigenvalue weighted by Gasteiger charge is -2.13. The van der Waals surface area contributed by atoms with Crippen LogP contribution in [0.25, 0.3) is 0 Å². The van der Waals surface area contributed by atoms with Crippen LogP contribution in [0.15, 0.2) is 24.4 Å². The molecule has 1 heterocycles. The van der Waals surface area contributed by atoms with E-state index in [4.69, 9.17) is 21.1 Å². The highest BCUT2D eigenvalue weighted by atomic mass is 35.5. The van der Waals surface area contributed by atoms with Crippen molar-refractivity contribution in [3.05, 3.63) is 35.1 Å². The fourth-order valence-electron chi connectivity index (χ4n) is 2.31. The molecule has 0 unspecified atom stereocenters. The van der Waals surface area contributed by atoms with E-state index in [1.807, 2.05) is 14.1 Å². The van der Waals surface area contributed by atoms with Gasteiger partial charge in [-0.25, -0.2) is 9.97 Å². The molecular weight excluding hydrogens is 370 g/mol. The third-order valence-electron chi connectivity index (χ3n) is 3.68. The van der Waals surface area contributed by atoms with Crippen molar-refractivity contribution in [1.29, 1.82) is 0 Å². The average Bonchev–Trinajstić information content (AvgIpc) is 2.66. The van der Waals surface area contributed by atoms with Crippen LogP contribution in [0.4, 0.5) is 11.6 Å². The van der Waals surface area contributed by atoms with Gasteiger partial charge in [-0.15, -0.1) is 0 Å². The van der Waals surface area contributed by atoms with Crippen molar-refractivity contribution < 1.29 is 14.3 Å². The lowest BCUT2D eigenvalue weighted by Crippen LogP contribution is -2.28. The molecule has 8 nitrogen and oxygen atoms in total. The second kappa shape index (κ2) is 9.94. The summed E-state index contributed by atoms with van der Waals surface area (Å²) in [5, 5.41) is 6.30. The van der Waals surface area contributed by atoms with Crippen LogP contribution in [-0.2, 0) is 0 Å². The van der Waals surface area contributed by atoms with Crippen LogP contribution in [0.2, 0.25) is 5.02 Å². The van der Waals surface area contributed by atoms with Gasteiger partial charge in [-0.05, 0) is 33.1 Å². The number of methoxy groups -OCH3 is 2. The highest BCUT2D eigenvalue weighted by Crippen LogP contribution is 2.36. The summed E-state index contributed by atoms with van der Waals surface area (Å²) < 4.78 is 10.5. The summed E-state index contributed by atoms with van der Waals surface area (Å²) in [6.45, 7) is 1.47. The van der Waals surface area contributed by atoms with Crippen molar-refractivity contribution >= 4 is 29.1 Å². The van der Waals surface area contributed by atoms with Crippen molar-refractivity contribution in [2.75, 3.05) is 46.7 Å². The van der Waals surface area contributed by atoms with E-state index in [9.17, 15) is 4.79 Å². The topological polar surface area (TPSA) is 88.6 Å². The monoisotopic (exact) mass is 393 g/mol. The summed E-state index contributed by atoms with van der Waals surface area (Å²) in [5.74, 6) is 0.996. The van der Waals surface area contributed by atoms with Gasteiger partial charge in [-0.3, -0.25) is 4.79 Å². The molecule has 0 aliphatic rings. The van der Waals surface area contributed by atoms with E-state index in [0.29, 0.717) is 28.8 Å². The van der Waals surface area contributed by atoms with Gasteiger partial charge in [0.15, 0.2) is 0 Å². The van der Waals surface area contributed by atoms with Gasteiger partial charge in [-0.2, -0.15) is 0 Å². The number of nitrogens with one attached hydrogen (secondary N) is 2. The molecular formula is C18H24ClN5O3. The second-order valence-corrected chi connectivity index (χ2v) is 6.40. The SMILES string of the molecule is COc1cc(Nc2nccc(C(=O)NCCCN(C)C)n2)c(OC)cc1Cl. The van der Waals surface area contributed by atoms with Crippen molar-refractivity contribution in [2.45, 2.75) is 6.42 Å². The number of carbonyl (C=O) groups is 1. The van der Waals surface area contributed by atoms with E-state index in [0.717, 1.165) is 13.0 Å². The van der Waals surface area contributed by atoms with Crippen LogP contribution < -0.4 is 20.1 Å². The number of aromatic nitrogens is 2. The van der Waals surface area contributed by atoms with Crippen LogP contribution in [0, 0.1) is 0 Å². The molecule has 1 amide bonds. The van der Waals surface area contributed by atoms with Gasteiger partial charge in [0.1, 0.15) is 17.2 Å². The number of hydrogen-bond acceptors (Lipinski definition) is 7. The first kappa shape index (κ1) is 20.7. The number of anilines is 2. The van der Waals surface area contributed by atoms with Crippen LogP contribution >= 0.6 is 11.6 Å². The number of amides is 1. The average molecular weight is 394 g/mol. The largest absolute Gasteiger partial charge is 0.495 e. The first-order valence-electron chi connectivity index (χ1n) is 8.39. The highest BCUT2D eigenvalue weighted by molar-refractivity contribution is 6.32. The Hall–Kier alpha value is -2.58. The molecule has 0 fully saturated rings. The molecule has 27 heavy (non-hydrogen) atoms. The molecule has 2 N–H and O–H groups in total. The van der Waals surface area contributed by atoms with Crippen molar-refractivity contribution in [3.63, 3.8) is 0 Å². The molecule has 146 valence electrons. The molecule has 9 heteroatoms. The molecule has 0 spiro atoms. The maximum Gasteiger partial charge on any atom is 0.270 e. The maximum atomic E-state index is 12.3. The fourth-order valence-corrected chi connectivity index (χ4v) is 2.54. The van der Waals surface area contributed by atoms with Gasteiger partial charge < -0.3 is 25.0 Å². The Morgan fingerprint density at radius 1 is 1.22 bits per heavy atom.